The van der Waals surface area contributed by atoms with Crippen molar-refractivity contribution in [2.24, 2.45) is 0 Å². The van der Waals surface area contributed by atoms with E-state index in [4.69, 9.17) is 0 Å². The van der Waals surface area contributed by atoms with E-state index in [0.717, 1.165) is 12.0 Å². The molecular weight excluding hydrogens is 402 g/mol. The zero-order chi connectivity index (χ0) is 21.7. The van der Waals surface area contributed by atoms with Crippen LogP contribution in [0.3, 0.4) is 0 Å². The largest absolute Gasteiger partial charge is 0.341 e. The molecule has 30 heavy (non-hydrogen) atoms. The van der Waals surface area contributed by atoms with Gasteiger partial charge in [-0.1, -0.05) is 30.3 Å². The number of nitrogens with one attached hydrogen (secondary N) is 1. The van der Waals surface area contributed by atoms with Crippen molar-refractivity contribution in [2.45, 2.75) is 37.6 Å². The summed E-state index contributed by atoms with van der Waals surface area (Å²) >= 11 is 0. The van der Waals surface area contributed by atoms with Crippen LogP contribution in [-0.2, 0) is 26.2 Å². The van der Waals surface area contributed by atoms with Crippen molar-refractivity contribution >= 4 is 27.5 Å². The number of hydrogen-bond donors (Lipinski definition) is 1. The summed E-state index contributed by atoms with van der Waals surface area (Å²) in [6.07, 6.45) is 1.40. The lowest BCUT2D eigenvalue weighted by molar-refractivity contribution is -0.130. The molecule has 8 heteroatoms. The molecule has 0 atom stereocenters. The molecule has 3 rings (SSSR count). The third kappa shape index (κ3) is 5.25. The number of anilines is 1. The van der Waals surface area contributed by atoms with E-state index in [-0.39, 0.29) is 29.7 Å². The van der Waals surface area contributed by atoms with Crippen molar-refractivity contribution in [3.05, 3.63) is 59.7 Å². The van der Waals surface area contributed by atoms with Crippen LogP contribution in [0.1, 0.15) is 30.4 Å². The van der Waals surface area contributed by atoms with Crippen LogP contribution in [0.2, 0.25) is 0 Å². The predicted octanol–water partition coefficient (Wildman–Crippen LogP) is 2.45. The fourth-order valence-electron chi connectivity index (χ4n) is 3.53. The average molecular weight is 430 g/mol. The molecule has 0 spiro atoms. The van der Waals surface area contributed by atoms with Crippen molar-refractivity contribution in [1.29, 1.82) is 0 Å². The van der Waals surface area contributed by atoms with Crippen LogP contribution in [0.5, 0.6) is 0 Å². The van der Waals surface area contributed by atoms with Crippen molar-refractivity contribution in [3.63, 3.8) is 0 Å². The average Bonchev–Trinajstić information content (AvgIpc) is 3.14. The molecule has 2 amide bonds. The van der Waals surface area contributed by atoms with Crippen LogP contribution >= 0.6 is 0 Å². The summed E-state index contributed by atoms with van der Waals surface area (Å²) in [5.74, 6) is -0.0811. The van der Waals surface area contributed by atoms with Gasteiger partial charge in [-0.25, -0.2) is 13.1 Å². The van der Waals surface area contributed by atoms with Crippen LogP contribution in [0.25, 0.3) is 0 Å². The van der Waals surface area contributed by atoms with Gasteiger partial charge in [0, 0.05) is 45.2 Å². The molecule has 2 aromatic carbocycles. The van der Waals surface area contributed by atoms with Gasteiger partial charge >= 0.3 is 0 Å². The molecule has 1 heterocycles. The second-order valence-corrected chi connectivity index (χ2v) is 9.22. The maximum absolute atomic E-state index is 12.7. The Bertz CT molecular complexity index is 1020. The lowest BCUT2D eigenvalue weighted by atomic mass is 10.2. The molecular formula is C22H27N3O4S. The minimum absolute atomic E-state index is 0.0199. The van der Waals surface area contributed by atoms with Gasteiger partial charge in [0.25, 0.3) is 0 Å². The first kappa shape index (κ1) is 22.0. The molecule has 1 saturated heterocycles. The summed E-state index contributed by atoms with van der Waals surface area (Å²) in [5.41, 5.74) is 2.29. The molecule has 0 aliphatic carbocycles. The van der Waals surface area contributed by atoms with Gasteiger partial charge in [-0.2, -0.15) is 0 Å². The van der Waals surface area contributed by atoms with E-state index in [1.807, 2.05) is 30.3 Å². The van der Waals surface area contributed by atoms with Crippen molar-refractivity contribution < 1.29 is 18.0 Å². The Balaban J connectivity index is 1.57. The quantitative estimate of drug-likeness (QED) is 0.698. The van der Waals surface area contributed by atoms with Crippen LogP contribution in [0.4, 0.5) is 5.69 Å². The number of sulfonamides is 1. The molecule has 1 fully saturated rings. The van der Waals surface area contributed by atoms with Gasteiger partial charge in [0.05, 0.1) is 4.90 Å². The lowest BCUT2D eigenvalue weighted by Gasteiger charge is -2.19. The molecule has 2 aromatic rings. The number of nitrogens with zero attached hydrogens (tertiary/aromatic N) is 2. The number of amides is 2. The summed E-state index contributed by atoms with van der Waals surface area (Å²) in [6, 6.07) is 14.5. The highest BCUT2D eigenvalue weighted by atomic mass is 32.2. The fourth-order valence-corrected chi connectivity index (χ4v) is 4.79. The van der Waals surface area contributed by atoms with Crippen molar-refractivity contribution in [1.82, 2.24) is 9.62 Å². The molecule has 1 aliphatic rings. The number of benzene rings is 2. The first-order chi connectivity index (χ1) is 14.3. The van der Waals surface area contributed by atoms with Crippen LogP contribution < -0.4 is 9.62 Å². The van der Waals surface area contributed by atoms with Crippen LogP contribution in [-0.4, -0.2) is 45.3 Å². The highest BCUT2D eigenvalue weighted by Crippen LogP contribution is 2.25. The Morgan fingerprint density at radius 3 is 2.53 bits per heavy atom. The smallest absolute Gasteiger partial charge is 0.240 e. The van der Waals surface area contributed by atoms with Crippen LogP contribution in [0.15, 0.2) is 53.4 Å². The summed E-state index contributed by atoms with van der Waals surface area (Å²) in [5, 5.41) is 0. The van der Waals surface area contributed by atoms with E-state index in [0.29, 0.717) is 30.8 Å². The highest BCUT2D eigenvalue weighted by Gasteiger charge is 2.24. The molecule has 0 radical (unpaired) electrons. The van der Waals surface area contributed by atoms with Crippen molar-refractivity contribution in [3.8, 4) is 0 Å². The van der Waals surface area contributed by atoms with Gasteiger partial charge in [-0.3, -0.25) is 9.59 Å². The van der Waals surface area contributed by atoms with Crippen LogP contribution in [0, 0.1) is 6.92 Å². The van der Waals surface area contributed by atoms with Crippen molar-refractivity contribution in [2.75, 3.05) is 25.0 Å². The number of carbonyl (C=O) groups excluding carboxylic acids is 2. The summed E-state index contributed by atoms with van der Waals surface area (Å²) in [4.78, 5) is 27.6. The number of hydrogen-bond acceptors (Lipinski definition) is 4. The van der Waals surface area contributed by atoms with E-state index >= 15 is 0 Å². The summed E-state index contributed by atoms with van der Waals surface area (Å²) in [6.45, 7) is 2.85. The molecule has 160 valence electrons. The zero-order valence-corrected chi connectivity index (χ0v) is 18.1. The maximum atomic E-state index is 12.7. The van der Waals surface area contributed by atoms with Gasteiger partial charge in [-0.15, -0.1) is 0 Å². The maximum Gasteiger partial charge on any atom is 0.240 e. The molecule has 0 unspecified atom stereocenters. The molecule has 0 aromatic heterocycles. The fraction of sp³-hybridized carbons (Fsp3) is 0.364. The Morgan fingerprint density at radius 2 is 1.90 bits per heavy atom. The molecule has 1 aliphatic heterocycles. The van der Waals surface area contributed by atoms with E-state index in [2.05, 4.69) is 4.72 Å². The monoisotopic (exact) mass is 429 g/mol. The van der Waals surface area contributed by atoms with Gasteiger partial charge in [0.15, 0.2) is 0 Å². The molecule has 0 saturated carbocycles. The normalized spacial score (nSPS) is 14.2. The van der Waals surface area contributed by atoms with Gasteiger partial charge in [0.1, 0.15) is 0 Å². The molecule has 0 bridgehead atoms. The van der Waals surface area contributed by atoms with E-state index in [1.54, 1.807) is 35.9 Å². The first-order valence-corrected chi connectivity index (χ1v) is 11.4. The lowest BCUT2D eigenvalue weighted by Crippen LogP contribution is -2.32. The van der Waals surface area contributed by atoms with Gasteiger partial charge in [0.2, 0.25) is 21.8 Å². The SMILES string of the molecule is Cc1cc(N2CCCC2=O)ccc1S(=O)(=O)NCCC(=O)N(C)Cc1ccccc1. The van der Waals surface area contributed by atoms with E-state index in [9.17, 15) is 18.0 Å². The topological polar surface area (TPSA) is 86.8 Å². The molecule has 1 N–H and O–H groups in total. The minimum atomic E-state index is -3.75. The summed E-state index contributed by atoms with van der Waals surface area (Å²) < 4.78 is 27.9. The van der Waals surface area contributed by atoms with E-state index < -0.39 is 10.0 Å². The zero-order valence-electron chi connectivity index (χ0n) is 17.3. The third-order valence-electron chi connectivity index (χ3n) is 5.15. The second-order valence-electron chi connectivity index (χ2n) is 7.48. The summed E-state index contributed by atoms with van der Waals surface area (Å²) in [7, 11) is -2.05. The predicted molar refractivity (Wildman–Crippen MR) is 115 cm³/mol. The standard InChI is InChI=1S/C22H27N3O4S/c1-17-15-19(25-14-6-9-22(25)27)10-11-20(17)30(28,29)23-13-12-21(26)24(2)16-18-7-4-3-5-8-18/h3-5,7-8,10-11,15,23H,6,9,12-14,16H2,1-2H3. The number of carbonyl (C=O) groups is 2. The number of rotatable bonds is 8. The second kappa shape index (κ2) is 9.40. The van der Waals surface area contributed by atoms with Gasteiger partial charge < -0.3 is 9.80 Å². The van der Waals surface area contributed by atoms with Gasteiger partial charge in [-0.05, 0) is 42.7 Å². The Labute approximate surface area is 177 Å². The Hall–Kier alpha value is -2.71. The van der Waals surface area contributed by atoms with E-state index in [1.165, 1.54) is 6.07 Å². The third-order valence-corrected chi connectivity index (χ3v) is 6.77. The minimum Gasteiger partial charge on any atom is -0.341 e. The number of aryl methyl sites for hydroxylation is 1. The Kier molecular flexibility index (Phi) is 6.89. The first-order valence-electron chi connectivity index (χ1n) is 9.96. The molecule has 7 nitrogen and oxygen atoms in total. The Morgan fingerprint density at radius 1 is 1.17 bits per heavy atom. The highest BCUT2D eigenvalue weighted by molar-refractivity contribution is 7.89.